The van der Waals surface area contributed by atoms with E-state index in [1.165, 1.54) is 0 Å². The van der Waals surface area contributed by atoms with Crippen LogP contribution in [0.15, 0.2) is 6.07 Å². The maximum Gasteiger partial charge on any atom is 0.228 e. The van der Waals surface area contributed by atoms with Gasteiger partial charge in [0.1, 0.15) is 0 Å². The maximum absolute atomic E-state index is 6.03. The van der Waals surface area contributed by atoms with Crippen LogP contribution in [0.25, 0.3) is 0 Å². The van der Waals surface area contributed by atoms with Gasteiger partial charge in [0.25, 0.3) is 0 Å². The van der Waals surface area contributed by atoms with Crippen molar-refractivity contribution in [2.75, 3.05) is 25.1 Å². The second kappa shape index (κ2) is 4.87. The molecule has 0 spiro atoms. The summed E-state index contributed by atoms with van der Waals surface area (Å²) >= 11 is 0. The number of aryl methyl sites for hydroxylation is 1. The highest BCUT2D eigenvalue weighted by atomic mass is 16.5. The summed E-state index contributed by atoms with van der Waals surface area (Å²) in [5, 5.41) is 0. The van der Waals surface area contributed by atoms with Crippen molar-refractivity contribution < 1.29 is 4.74 Å². The van der Waals surface area contributed by atoms with Gasteiger partial charge in [0.05, 0.1) is 7.11 Å². The van der Waals surface area contributed by atoms with Crippen molar-refractivity contribution >= 4 is 5.95 Å². The summed E-state index contributed by atoms with van der Waals surface area (Å²) in [5.41, 5.74) is 6.95. The number of hydrogen-bond donors (Lipinski definition) is 1. The van der Waals surface area contributed by atoms with E-state index >= 15 is 0 Å². The Bertz CT molecular complexity index is 386. The molecule has 5 nitrogen and oxygen atoms in total. The lowest BCUT2D eigenvalue weighted by Crippen LogP contribution is -2.47. The molecule has 0 aliphatic carbocycles. The van der Waals surface area contributed by atoms with Gasteiger partial charge in [-0.2, -0.15) is 4.98 Å². The van der Waals surface area contributed by atoms with Crippen molar-refractivity contribution in [3.05, 3.63) is 11.8 Å². The third kappa shape index (κ3) is 2.85. The molecule has 17 heavy (non-hydrogen) atoms. The van der Waals surface area contributed by atoms with E-state index in [0.717, 1.165) is 31.2 Å². The van der Waals surface area contributed by atoms with Crippen molar-refractivity contribution in [1.82, 2.24) is 9.97 Å². The minimum atomic E-state index is 0.203. The van der Waals surface area contributed by atoms with Crippen LogP contribution in [0.3, 0.4) is 0 Å². The molecule has 1 saturated heterocycles. The summed E-state index contributed by atoms with van der Waals surface area (Å²) in [5.74, 6) is 1.91. The predicted octanol–water partition coefficient (Wildman–Crippen LogP) is 0.967. The molecule has 5 heteroatoms. The van der Waals surface area contributed by atoms with E-state index in [0.29, 0.717) is 11.8 Å². The molecule has 0 radical (unpaired) electrons. The lowest BCUT2D eigenvalue weighted by atomic mass is 9.97. The second-order valence-electron chi connectivity index (χ2n) is 4.86. The zero-order chi connectivity index (χ0) is 12.4. The Kier molecular flexibility index (Phi) is 3.47. The van der Waals surface area contributed by atoms with E-state index < -0.39 is 0 Å². The number of anilines is 1. The standard InChI is InChI=1S/C12H20N4O/c1-8-4-10(13)7-16(6-8)12-14-9(2)5-11(15-12)17-3/h5,8,10H,4,6-7,13H2,1-3H3. The summed E-state index contributed by atoms with van der Waals surface area (Å²) in [6.45, 7) is 5.93. The number of nitrogens with zero attached hydrogens (tertiary/aromatic N) is 3. The number of rotatable bonds is 2. The molecular formula is C12H20N4O. The largest absolute Gasteiger partial charge is 0.481 e. The number of piperidine rings is 1. The van der Waals surface area contributed by atoms with Crippen LogP contribution >= 0.6 is 0 Å². The fourth-order valence-electron chi connectivity index (χ4n) is 2.33. The minimum Gasteiger partial charge on any atom is -0.481 e. The number of hydrogen-bond acceptors (Lipinski definition) is 5. The van der Waals surface area contributed by atoms with E-state index in [4.69, 9.17) is 10.5 Å². The molecule has 2 rings (SSSR count). The zero-order valence-electron chi connectivity index (χ0n) is 10.7. The third-order valence-electron chi connectivity index (χ3n) is 3.00. The molecule has 1 aromatic heterocycles. The van der Waals surface area contributed by atoms with Gasteiger partial charge in [-0.1, -0.05) is 6.92 Å². The van der Waals surface area contributed by atoms with E-state index in [1.807, 2.05) is 13.0 Å². The van der Waals surface area contributed by atoms with Gasteiger partial charge in [0, 0.05) is 30.9 Å². The van der Waals surface area contributed by atoms with Crippen molar-refractivity contribution in [2.24, 2.45) is 11.7 Å². The Hall–Kier alpha value is -1.36. The van der Waals surface area contributed by atoms with Crippen LogP contribution in [0, 0.1) is 12.8 Å². The molecule has 2 atom stereocenters. The van der Waals surface area contributed by atoms with Crippen LogP contribution < -0.4 is 15.4 Å². The van der Waals surface area contributed by atoms with E-state index in [-0.39, 0.29) is 6.04 Å². The monoisotopic (exact) mass is 236 g/mol. The highest BCUT2D eigenvalue weighted by molar-refractivity contribution is 5.35. The summed E-state index contributed by atoms with van der Waals surface area (Å²) in [4.78, 5) is 11.0. The Labute approximate surface area is 102 Å². The lowest BCUT2D eigenvalue weighted by Gasteiger charge is -2.34. The molecule has 2 unspecified atom stereocenters. The smallest absolute Gasteiger partial charge is 0.228 e. The summed E-state index contributed by atoms with van der Waals surface area (Å²) in [6, 6.07) is 2.03. The Morgan fingerprint density at radius 3 is 2.82 bits per heavy atom. The predicted molar refractivity (Wildman–Crippen MR) is 67.3 cm³/mol. The molecule has 0 aromatic carbocycles. The van der Waals surface area contributed by atoms with Crippen LogP contribution in [0.2, 0.25) is 0 Å². The van der Waals surface area contributed by atoms with Crippen LogP contribution in [0.4, 0.5) is 5.95 Å². The third-order valence-corrected chi connectivity index (χ3v) is 3.00. The normalized spacial score (nSPS) is 24.8. The number of aromatic nitrogens is 2. The topological polar surface area (TPSA) is 64.3 Å². The van der Waals surface area contributed by atoms with E-state index in [9.17, 15) is 0 Å². The van der Waals surface area contributed by atoms with Gasteiger partial charge >= 0.3 is 0 Å². The van der Waals surface area contributed by atoms with Gasteiger partial charge < -0.3 is 15.4 Å². The van der Waals surface area contributed by atoms with Crippen LogP contribution in [-0.2, 0) is 0 Å². The van der Waals surface area contributed by atoms with Gasteiger partial charge in [0.15, 0.2) is 0 Å². The molecule has 1 aromatic rings. The van der Waals surface area contributed by atoms with E-state index in [2.05, 4.69) is 21.8 Å². The van der Waals surface area contributed by atoms with Crippen molar-refractivity contribution in [3.8, 4) is 5.88 Å². The lowest BCUT2D eigenvalue weighted by molar-refractivity contribution is 0.384. The van der Waals surface area contributed by atoms with Crippen molar-refractivity contribution in [3.63, 3.8) is 0 Å². The first-order valence-corrected chi connectivity index (χ1v) is 5.98. The molecule has 2 heterocycles. The fraction of sp³-hybridized carbons (Fsp3) is 0.667. The highest BCUT2D eigenvalue weighted by Gasteiger charge is 2.24. The van der Waals surface area contributed by atoms with Gasteiger partial charge in [-0.05, 0) is 19.3 Å². The van der Waals surface area contributed by atoms with Crippen molar-refractivity contribution in [2.45, 2.75) is 26.3 Å². The Morgan fingerprint density at radius 2 is 2.18 bits per heavy atom. The fourth-order valence-corrected chi connectivity index (χ4v) is 2.33. The SMILES string of the molecule is COc1cc(C)nc(N2CC(C)CC(N)C2)n1. The first-order chi connectivity index (χ1) is 8.08. The zero-order valence-corrected chi connectivity index (χ0v) is 10.7. The van der Waals surface area contributed by atoms with Crippen LogP contribution in [-0.4, -0.2) is 36.2 Å². The average molecular weight is 236 g/mol. The quantitative estimate of drug-likeness (QED) is 0.829. The van der Waals surface area contributed by atoms with Gasteiger partial charge in [-0.25, -0.2) is 4.98 Å². The number of methoxy groups -OCH3 is 1. The summed E-state index contributed by atoms with van der Waals surface area (Å²) in [6.07, 6.45) is 1.07. The Balaban J connectivity index is 2.23. The molecule has 94 valence electrons. The summed E-state index contributed by atoms with van der Waals surface area (Å²) < 4.78 is 5.17. The molecule has 0 saturated carbocycles. The molecule has 0 amide bonds. The first-order valence-electron chi connectivity index (χ1n) is 5.98. The van der Waals surface area contributed by atoms with Crippen LogP contribution in [0.5, 0.6) is 5.88 Å². The highest BCUT2D eigenvalue weighted by Crippen LogP contribution is 2.21. The molecule has 1 aliphatic heterocycles. The maximum atomic E-state index is 6.03. The van der Waals surface area contributed by atoms with Crippen LogP contribution in [0.1, 0.15) is 19.0 Å². The molecule has 1 fully saturated rings. The number of ether oxygens (including phenoxy) is 1. The Morgan fingerprint density at radius 1 is 1.41 bits per heavy atom. The van der Waals surface area contributed by atoms with Crippen molar-refractivity contribution in [1.29, 1.82) is 0 Å². The molecule has 0 bridgehead atoms. The molecule has 1 aliphatic rings. The van der Waals surface area contributed by atoms with Gasteiger partial charge in [-0.15, -0.1) is 0 Å². The minimum absolute atomic E-state index is 0.203. The van der Waals surface area contributed by atoms with Gasteiger partial charge in [-0.3, -0.25) is 0 Å². The van der Waals surface area contributed by atoms with E-state index in [1.54, 1.807) is 7.11 Å². The average Bonchev–Trinajstić information content (AvgIpc) is 2.26. The molecule has 2 N–H and O–H groups in total. The first kappa shape index (κ1) is 12.1. The van der Waals surface area contributed by atoms with Gasteiger partial charge in [0.2, 0.25) is 11.8 Å². The number of nitrogens with two attached hydrogens (primary N) is 1. The molecular weight excluding hydrogens is 216 g/mol. The second-order valence-corrected chi connectivity index (χ2v) is 4.86. The summed E-state index contributed by atoms with van der Waals surface area (Å²) in [7, 11) is 1.62.